The zero-order valence-corrected chi connectivity index (χ0v) is 15.1. The van der Waals surface area contributed by atoms with E-state index in [-0.39, 0.29) is 4.90 Å². The van der Waals surface area contributed by atoms with Gasteiger partial charge in [0.1, 0.15) is 5.76 Å². The predicted octanol–water partition coefficient (Wildman–Crippen LogP) is 3.99. The second kappa shape index (κ2) is 6.33. The van der Waals surface area contributed by atoms with Gasteiger partial charge in [0.2, 0.25) is 0 Å². The van der Waals surface area contributed by atoms with Crippen LogP contribution in [0.4, 0.5) is 0 Å². The first kappa shape index (κ1) is 17.2. The number of benzene rings is 2. The maximum Gasteiger partial charge on any atom is 0.344 e. The fourth-order valence-corrected chi connectivity index (χ4v) is 3.35. The van der Waals surface area contributed by atoms with Gasteiger partial charge in [-0.15, -0.1) is 0 Å². The van der Waals surface area contributed by atoms with Gasteiger partial charge in [-0.05, 0) is 43.2 Å². The van der Waals surface area contributed by atoms with Crippen molar-refractivity contribution in [1.82, 2.24) is 0 Å². The third kappa shape index (κ3) is 3.56. The maximum atomic E-state index is 12.5. The Bertz CT molecular complexity index is 1070. The molecule has 128 valence electrons. The first-order valence-corrected chi connectivity index (χ1v) is 9.67. The SMILES string of the molecule is Cc1ccc(-c2c(-c3ccc(S(C)(=O)=O)cc3)cc(C)oc2=O)cc1. The molecule has 0 fully saturated rings. The van der Waals surface area contributed by atoms with Crippen LogP contribution in [0, 0.1) is 13.8 Å². The number of hydrogen-bond acceptors (Lipinski definition) is 4. The smallest absolute Gasteiger partial charge is 0.344 e. The molecule has 0 atom stereocenters. The van der Waals surface area contributed by atoms with E-state index < -0.39 is 15.5 Å². The monoisotopic (exact) mass is 354 g/mol. The van der Waals surface area contributed by atoms with Crippen LogP contribution in [-0.2, 0) is 9.84 Å². The van der Waals surface area contributed by atoms with Crippen LogP contribution in [0.3, 0.4) is 0 Å². The molecule has 25 heavy (non-hydrogen) atoms. The number of rotatable bonds is 3. The van der Waals surface area contributed by atoms with E-state index in [0.29, 0.717) is 11.3 Å². The largest absolute Gasteiger partial charge is 0.428 e. The van der Waals surface area contributed by atoms with Crippen LogP contribution in [0.2, 0.25) is 0 Å². The highest BCUT2D eigenvalue weighted by Gasteiger charge is 2.15. The Morgan fingerprint density at radius 3 is 1.96 bits per heavy atom. The van der Waals surface area contributed by atoms with Gasteiger partial charge in [0.25, 0.3) is 0 Å². The lowest BCUT2D eigenvalue weighted by atomic mass is 9.95. The van der Waals surface area contributed by atoms with Crippen molar-refractivity contribution in [3.8, 4) is 22.3 Å². The molecule has 0 amide bonds. The standard InChI is InChI=1S/C20H18O4S/c1-13-4-6-16(7-5-13)19-18(12-14(2)24-20(19)21)15-8-10-17(11-9-15)25(3,22)23/h4-12H,1-3H3. The first-order chi connectivity index (χ1) is 11.8. The van der Waals surface area contributed by atoms with E-state index in [1.54, 1.807) is 37.3 Å². The zero-order chi connectivity index (χ0) is 18.2. The lowest BCUT2D eigenvalue weighted by Gasteiger charge is -2.10. The average Bonchev–Trinajstić information content (AvgIpc) is 2.55. The van der Waals surface area contributed by atoms with Gasteiger partial charge in [-0.2, -0.15) is 0 Å². The van der Waals surface area contributed by atoms with Crippen molar-refractivity contribution in [2.75, 3.05) is 6.26 Å². The molecule has 0 bridgehead atoms. The second-order valence-electron chi connectivity index (χ2n) is 6.10. The van der Waals surface area contributed by atoms with Crippen LogP contribution in [0.25, 0.3) is 22.3 Å². The number of aryl methyl sites for hydroxylation is 2. The van der Waals surface area contributed by atoms with Crippen molar-refractivity contribution < 1.29 is 12.8 Å². The van der Waals surface area contributed by atoms with Crippen LogP contribution in [0.5, 0.6) is 0 Å². The molecule has 1 aromatic heterocycles. The fourth-order valence-electron chi connectivity index (χ4n) is 2.72. The third-order valence-corrected chi connectivity index (χ3v) is 5.14. The summed E-state index contributed by atoms with van der Waals surface area (Å²) in [6, 6.07) is 15.9. The van der Waals surface area contributed by atoms with Gasteiger partial charge < -0.3 is 4.42 Å². The van der Waals surface area contributed by atoms with E-state index in [0.717, 1.165) is 22.3 Å². The van der Waals surface area contributed by atoms with Gasteiger partial charge in [0.05, 0.1) is 10.5 Å². The minimum absolute atomic E-state index is 0.243. The summed E-state index contributed by atoms with van der Waals surface area (Å²) >= 11 is 0. The normalized spacial score (nSPS) is 11.5. The van der Waals surface area contributed by atoms with Crippen LogP contribution in [-0.4, -0.2) is 14.7 Å². The molecule has 3 aromatic rings. The molecule has 0 saturated carbocycles. The summed E-state index contributed by atoms with van der Waals surface area (Å²) < 4.78 is 28.6. The molecule has 1 heterocycles. The molecule has 0 unspecified atom stereocenters. The Morgan fingerprint density at radius 1 is 0.840 bits per heavy atom. The molecule has 4 nitrogen and oxygen atoms in total. The number of hydrogen-bond donors (Lipinski definition) is 0. The topological polar surface area (TPSA) is 64.3 Å². The Kier molecular flexibility index (Phi) is 4.35. The molecular formula is C20H18O4S. The van der Waals surface area contributed by atoms with E-state index in [1.807, 2.05) is 31.2 Å². The van der Waals surface area contributed by atoms with Crippen molar-refractivity contribution in [2.45, 2.75) is 18.7 Å². The highest BCUT2D eigenvalue weighted by molar-refractivity contribution is 7.90. The van der Waals surface area contributed by atoms with Crippen LogP contribution >= 0.6 is 0 Å². The summed E-state index contributed by atoms with van der Waals surface area (Å²) in [6.45, 7) is 3.70. The van der Waals surface area contributed by atoms with Crippen molar-refractivity contribution in [2.24, 2.45) is 0 Å². The Balaban J connectivity index is 2.22. The molecule has 0 radical (unpaired) electrons. The summed E-state index contributed by atoms with van der Waals surface area (Å²) in [5, 5.41) is 0. The molecule has 0 aliphatic heterocycles. The van der Waals surface area contributed by atoms with Gasteiger partial charge in [-0.25, -0.2) is 13.2 Å². The van der Waals surface area contributed by atoms with Crippen LogP contribution in [0.15, 0.2) is 68.7 Å². The second-order valence-corrected chi connectivity index (χ2v) is 8.11. The molecule has 2 aromatic carbocycles. The number of sulfone groups is 1. The van der Waals surface area contributed by atoms with E-state index in [4.69, 9.17) is 4.42 Å². The predicted molar refractivity (Wildman–Crippen MR) is 98.4 cm³/mol. The Morgan fingerprint density at radius 2 is 1.40 bits per heavy atom. The van der Waals surface area contributed by atoms with Crippen molar-refractivity contribution in [3.05, 3.63) is 76.3 Å². The molecule has 0 saturated heterocycles. The van der Waals surface area contributed by atoms with Crippen molar-refractivity contribution in [3.63, 3.8) is 0 Å². The van der Waals surface area contributed by atoms with Crippen LogP contribution in [0.1, 0.15) is 11.3 Å². The molecular weight excluding hydrogens is 336 g/mol. The highest BCUT2D eigenvalue weighted by Crippen LogP contribution is 2.31. The lowest BCUT2D eigenvalue weighted by Crippen LogP contribution is -2.06. The molecule has 0 aliphatic rings. The molecule has 5 heteroatoms. The van der Waals surface area contributed by atoms with Gasteiger partial charge in [-0.1, -0.05) is 42.0 Å². The first-order valence-electron chi connectivity index (χ1n) is 7.78. The molecule has 3 rings (SSSR count). The molecule has 0 aliphatic carbocycles. The third-order valence-electron chi connectivity index (χ3n) is 4.01. The van der Waals surface area contributed by atoms with E-state index in [2.05, 4.69) is 0 Å². The maximum absolute atomic E-state index is 12.5. The van der Waals surface area contributed by atoms with Crippen molar-refractivity contribution >= 4 is 9.84 Å². The fraction of sp³-hybridized carbons (Fsp3) is 0.150. The summed E-state index contributed by atoms with van der Waals surface area (Å²) in [7, 11) is -3.27. The Hall–Kier alpha value is -2.66. The average molecular weight is 354 g/mol. The summed E-state index contributed by atoms with van der Waals surface area (Å²) in [6.07, 6.45) is 1.17. The highest BCUT2D eigenvalue weighted by atomic mass is 32.2. The van der Waals surface area contributed by atoms with Crippen LogP contribution < -0.4 is 5.63 Å². The minimum atomic E-state index is -3.27. The van der Waals surface area contributed by atoms with Gasteiger partial charge in [-0.3, -0.25) is 0 Å². The summed E-state index contributed by atoms with van der Waals surface area (Å²) in [5.74, 6) is 0.503. The van der Waals surface area contributed by atoms with E-state index >= 15 is 0 Å². The molecule has 0 N–H and O–H groups in total. The van der Waals surface area contributed by atoms with Gasteiger partial charge in [0, 0.05) is 11.8 Å². The Labute approximate surface area is 146 Å². The minimum Gasteiger partial charge on any atom is -0.428 e. The summed E-state index contributed by atoms with van der Waals surface area (Å²) in [5.41, 5.74) is 3.40. The van der Waals surface area contributed by atoms with E-state index in [1.165, 1.54) is 6.26 Å². The van der Waals surface area contributed by atoms with E-state index in [9.17, 15) is 13.2 Å². The lowest BCUT2D eigenvalue weighted by molar-refractivity contribution is 0.483. The van der Waals surface area contributed by atoms with Gasteiger partial charge >= 0.3 is 5.63 Å². The summed E-state index contributed by atoms with van der Waals surface area (Å²) in [4.78, 5) is 12.7. The van der Waals surface area contributed by atoms with Crippen molar-refractivity contribution in [1.29, 1.82) is 0 Å². The zero-order valence-electron chi connectivity index (χ0n) is 14.2. The molecule has 0 spiro atoms. The van der Waals surface area contributed by atoms with Gasteiger partial charge in [0.15, 0.2) is 9.84 Å². The quantitative estimate of drug-likeness (QED) is 0.713.